The molecule has 1 unspecified atom stereocenters. The first-order chi connectivity index (χ1) is 8.14. The van der Waals surface area contributed by atoms with Gasteiger partial charge >= 0.3 is 0 Å². The van der Waals surface area contributed by atoms with Gasteiger partial charge in [-0.1, -0.05) is 31.5 Å². The molecule has 1 aromatic carbocycles. The van der Waals surface area contributed by atoms with Crippen molar-refractivity contribution in [1.82, 2.24) is 0 Å². The van der Waals surface area contributed by atoms with E-state index in [0.717, 1.165) is 18.6 Å². The predicted octanol–water partition coefficient (Wildman–Crippen LogP) is 2.98. The molecule has 1 N–H and O–H groups in total. The number of ether oxygens (including phenoxy) is 2. The van der Waals surface area contributed by atoms with Crippen LogP contribution in [0.1, 0.15) is 33.1 Å². The zero-order valence-corrected chi connectivity index (χ0v) is 10.7. The van der Waals surface area contributed by atoms with E-state index in [1.54, 1.807) is 6.92 Å². The van der Waals surface area contributed by atoms with Gasteiger partial charge in [0, 0.05) is 6.42 Å². The molecule has 3 heteroatoms. The van der Waals surface area contributed by atoms with Gasteiger partial charge in [-0.25, -0.2) is 0 Å². The number of aliphatic hydroxyl groups is 1. The molecule has 0 radical (unpaired) electrons. The van der Waals surface area contributed by atoms with Crippen LogP contribution in [0.15, 0.2) is 30.3 Å². The first-order valence-electron chi connectivity index (χ1n) is 6.18. The lowest BCUT2D eigenvalue weighted by molar-refractivity contribution is -0.197. The first kappa shape index (κ1) is 14.0. The Kier molecular flexibility index (Phi) is 6.01. The van der Waals surface area contributed by atoms with Crippen LogP contribution in [0.3, 0.4) is 0 Å². The van der Waals surface area contributed by atoms with Crippen molar-refractivity contribution in [2.24, 2.45) is 0 Å². The molecule has 3 nitrogen and oxygen atoms in total. The van der Waals surface area contributed by atoms with Gasteiger partial charge in [-0.2, -0.15) is 0 Å². The van der Waals surface area contributed by atoms with E-state index in [9.17, 15) is 5.11 Å². The summed E-state index contributed by atoms with van der Waals surface area (Å²) >= 11 is 0. The Bertz CT molecular complexity index is 296. The van der Waals surface area contributed by atoms with Gasteiger partial charge in [-0.3, -0.25) is 0 Å². The molecule has 0 amide bonds. The van der Waals surface area contributed by atoms with Crippen LogP contribution in [-0.4, -0.2) is 24.1 Å². The molecular formula is C14H22O3. The third-order valence-corrected chi connectivity index (χ3v) is 2.50. The van der Waals surface area contributed by atoms with Crippen molar-refractivity contribution in [3.8, 4) is 5.75 Å². The molecule has 0 bridgehead atoms. The smallest absolute Gasteiger partial charge is 0.162 e. The minimum absolute atomic E-state index is 0.394. The maximum Gasteiger partial charge on any atom is 0.162 e. The summed E-state index contributed by atoms with van der Waals surface area (Å²) in [5, 5.41) is 9.86. The summed E-state index contributed by atoms with van der Waals surface area (Å²) in [7, 11) is 0. The number of rotatable bonds is 8. The zero-order valence-electron chi connectivity index (χ0n) is 10.7. The lowest BCUT2D eigenvalue weighted by Gasteiger charge is -2.23. The van der Waals surface area contributed by atoms with Crippen molar-refractivity contribution < 1.29 is 14.6 Å². The Morgan fingerprint density at radius 1 is 1.18 bits per heavy atom. The first-order valence-corrected chi connectivity index (χ1v) is 6.18. The highest BCUT2D eigenvalue weighted by Crippen LogP contribution is 2.15. The quantitative estimate of drug-likeness (QED) is 0.559. The summed E-state index contributed by atoms with van der Waals surface area (Å²) in [5.74, 6) is -0.208. The molecule has 0 spiro atoms. The third-order valence-electron chi connectivity index (χ3n) is 2.50. The van der Waals surface area contributed by atoms with Crippen LogP contribution >= 0.6 is 0 Å². The van der Waals surface area contributed by atoms with Gasteiger partial charge in [0.15, 0.2) is 5.79 Å². The average Bonchev–Trinajstić information content (AvgIpc) is 2.34. The van der Waals surface area contributed by atoms with Crippen molar-refractivity contribution >= 4 is 0 Å². The molecule has 1 atom stereocenters. The van der Waals surface area contributed by atoms with Crippen molar-refractivity contribution in [2.75, 3.05) is 13.2 Å². The number of hydrogen-bond acceptors (Lipinski definition) is 3. The maximum absolute atomic E-state index is 9.86. The highest BCUT2D eigenvalue weighted by atomic mass is 16.6. The molecule has 0 aliphatic heterocycles. The van der Waals surface area contributed by atoms with Crippen molar-refractivity contribution in [1.29, 1.82) is 0 Å². The SMILES string of the molecule is CCCCC(C)(O)OCCOc1ccccc1. The van der Waals surface area contributed by atoms with Crippen LogP contribution in [0, 0.1) is 0 Å². The van der Waals surface area contributed by atoms with E-state index < -0.39 is 5.79 Å². The standard InChI is InChI=1S/C14H22O3/c1-3-4-10-14(2,15)17-12-11-16-13-8-6-5-7-9-13/h5-9,15H,3-4,10-12H2,1-2H3. The average molecular weight is 238 g/mol. The fourth-order valence-electron chi connectivity index (χ4n) is 1.51. The largest absolute Gasteiger partial charge is 0.491 e. The Hall–Kier alpha value is -1.06. The van der Waals surface area contributed by atoms with Gasteiger partial charge in [-0.05, 0) is 25.5 Å². The second-order valence-corrected chi connectivity index (χ2v) is 4.29. The molecule has 0 saturated heterocycles. The Morgan fingerprint density at radius 3 is 2.53 bits per heavy atom. The Balaban J connectivity index is 2.15. The highest BCUT2D eigenvalue weighted by Gasteiger charge is 2.19. The molecule has 0 aliphatic carbocycles. The van der Waals surface area contributed by atoms with Gasteiger partial charge in [0.1, 0.15) is 12.4 Å². The molecule has 0 fully saturated rings. The second-order valence-electron chi connectivity index (χ2n) is 4.29. The minimum atomic E-state index is -1.03. The fourth-order valence-corrected chi connectivity index (χ4v) is 1.51. The number of hydrogen-bond donors (Lipinski definition) is 1. The molecule has 0 saturated carbocycles. The summed E-state index contributed by atoms with van der Waals surface area (Å²) in [6.07, 6.45) is 2.68. The normalized spacial score (nSPS) is 14.3. The van der Waals surface area contributed by atoms with Crippen LogP contribution < -0.4 is 4.74 Å². The summed E-state index contributed by atoms with van der Waals surface area (Å²) in [4.78, 5) is 0. The fraction of sp³-hybridized carbons (Fsp3) is 0.571. The predicted molar refractivity (Wildman–Crippen MR) is 68.0 cm³/mol. The van der Waals surface area contributed by atoms with Gasteiger partial charge in [-0.15, -0.1) is 0 Å². The summed E-state index contributed by atoms with van der Waals surface area (Å²) < 4.78 is 10.9. The monoisotopic (exact) mass is 238 g/mol. The molecule has 17 heavy (non-hydrogen) atoms. The zero-order chi connectivity index (χ0) is 12.6. The topological polar surface area (TPSA) is 38.7 Å². The molecule has 1 rings (SSSR count). The third kappa shape index (κ3) is 6.29. The van der Waals surface area contributed by atoms with E-state index in [1.165, 1.54) is 0 Å². The minimum Gasteiger partial charge on any atom is -0.491 e. The van der Waals surface area contributed by atoms with E-state index in [4.69, 9.17) is 9.47 Å². The maximum atomic E-state index is 9.86. The molecule has 96 valence electrons. The molecule has 0 aromatic heterocycles. The van der Waals surface area contributed by atoms with Crippen LogP contribution in [0.4, 0.5) is 0 Å². The molecule has 0 heterocycles. The van der Waals surface area contributed by atoms with E-state index in [-0.39, 0.29) is 0 Å². The van der Waals surface area contributed by atoms with E-state index in [0.29, 0.717) is 19.6 Å². The van der Waals surface area contributed by atoms with Gasteiger partial charge in [0.25, 0.3) is 0 Å². The molecule has 1 aromatic rings. The van der Waals surface area contributed by atoms with E-state index >= 15 is 0 Å². The molecular weight excluding hydrogens is 216 g/mol. The van der Waals surface area contributed by atoms with E-state index in [2.05, 4.69) is 6.92 Å². The van der Waals surface area contributed by atoms with Crippen LogP contribution in [0.2, 0.25) is 0 Å². The van der Waals surface area contributed by atoms with Gasteiger partial charge in [0.2, 0.25) is 0 Å². The second kappa shape index (κ2) is 7.30. The number of unbranched alkanes of at least 4 members (excludes halogenated alkanes) is 1. The Morgan fingerprint density at radius 2 is 1.88 bits per heavy atom. The number of para-hydroxylation sites is 1. The lowest BCUT2D eigenvalue weighted by Crippen LogP contribution is -2.30. The van der Waals surface area contributed by atoms with Crippen LogP contribution in [0.5, 0.6) is 5.75 Å². The highest BCUT2D eigenvalue weighted by molar-refractivity contribution is 5.20. The van der Waals surface area contributed by atoms with Gasteiger partial charge in [0.05, 0.1) is 6.61 Å². The van der Waals surface area contributed by atoms with Crippen molar-refractivity contribution in [3.63, 3.8) is 0 Å². The lowest BCUT2D eigenvalue weighted by atomic mass is 10.1. The van der Waals surface area contributed by atoms with Crippen molar-refractivity contribution in [3.05, 3.63) is 30.3 Å². The van der Waals surface area contributed by atoms with Crippen LogP contribution in [0.25, 0.3) is 0 Å². The summed E-state index contributed by atoms with van der Waals surface area (Å²) in [5.41, 5.74) is 0. The van der Waals surface area contributed by atoms with Crippen LogP contribution in [-0.2, 0) is 4.74 Å². The van der Waals surface area contributed by atoms with Gasteiger partial charge < -0.3 is 14.6 Å². The summed E-state index contributed by atoms with van der Waals surface area (Å²) in [6.45, 7) is 4.64. The van der Waals surface area contributed by atoms with Crippen molar-refractivity contribution in [2.45, 2.75) is 38.9 Å². The van der Waals surface area contributed by atoms with E-state index in [1.807, 2.05) is 30.3 Å². The summed E-state index contributed by atoms with van der Waals surface area (Å²) in [6, 6.07) is 9.59. The number of benzene rings is 1. The molecule has 0 aliphatic rings. The Labute approximate surface area is 103 Å².